The molecule has 1 atom stereocenters. The van der Waals surface area contributed by atoms with Crippen LogP contribution in [0.1, 0.15) is 18.9 Å². The van der Waals surface area contributed by atoms with Gasteiger partial charge in [-0.15, -0.1) is 0 Å². The topological polar surface area (TPSA) is 57.8 Å². The summed E-state index contributed by atoms with van der Waals surface area (Å²) in [5, 5.41) is 3.13. The number of anilines is 1. The molecule has 2 aromatic rings. The maximum atomic E-state index is 11.4. The fourth-order valence-electron chi connectivity index (χ4n) is 1.79. The van der Waals surface area contributed by atoms with Crippen molar-refractivity contribution >= 4 is 5.82 Å². The summed E-state index contributed by atoms with van der Waals surface area (Å²) in [6.45, 7) is 2.05. The van der Waals surface area contributed by atoms with Gasteiger partial charge in [-0.25, -0.2) is 4.98 Å². The molecular weight excluding hydrogens is 226 g/mol. The third-order valence-electron chi connectivity index (χ3n) is 2.80. The van der Waals surface area contributed by atoms with E-state index in [1.165, 1.54) is 11.8 Å². The summed E-state index contributed by atoms with van der Waals surface area (Å²) in [4.78, 5) is 18.1. The van der Waals surface area contributed by atoms with Crippen LogP contribution in [0.15, 0.2) is 47.5 Å². The number of aryl methyl sites for hydroxylation is 1. The number of aromatic amines is 1. The van der Waals surface area contributed by atoms with Crippen LogP contribution < -0.4 is 10.9 Å². The smallest absolute Gasteiger partial charge is 0.290 e. The van der Waals surface area contributed by atoms with E-state index in [1.807, 2.05) is 18.2 Å². The van der Waals surface area contributed by atoms with Crippen molar-refractivity contribution in [2.75, 3.05) is 5.32 Å². The van der Waals surface area contributed by atoms with Gasteiger partial charge in [-0.05, 0) is 25.3 Å². The molecule has 2 N–H and O–H groups in total. The van der Waals surface area contributed by atoms with Crippen LogP contribution in [0.4, 0.5) is 5.82 Å². The Bertz CT molecular complexity index is 536. The molecular formula is C14H17N3O. The normalized spacial score (nSPS) is 12.1. The summed E-state index contributed by atoms with van der Waals surface area (Å²) in [5.41, 5.74) is 1.13. The summed E-state index contributed by atoms with van der Waals surface area (Å²) in [6, 6.07) is 10.5. The van der Waals surface area contributed by atoms with Crippen molar-refractivity contribution in [3.63, 3.8) is 0 Å². The molecule has 1 aromatic heterocycles. The predicted octanol–water partition coefficient (Wildman–Crippen LogP) is 2.20. The lowest BCUT2D eigenvalue weighted by Gasteiger charge is -2.13. The average molecular weight is 243 g/mol. The van der Waals surface area contributed by atoms with Crippen molar-refractivity contribution in [2.45, 2.75) is 25.8 Å². The molecule has 0 saturated heterocycles. The molecule has 18 heavy (non-hydrogen) atoms. The van der Waals surface area contributed by atoms with Crippen molar-refractivity contribution in [1.29, 1.82) is 0 Å². The quantitative estimate of drug-likeness (QED) is 0.846. The lowest BCUT2D eigenvalue weighted by Crippen LogP contribution is -2.23. The maximum Gasteiger partial charge on any atom is 0.290 e. The van der Waals surface area contributed by atoms with Gasteiger partial charge < -0.3 is 10.3 Å². The largest absolute Gasteiger partial charge is 0.363 e. The van der Waals surface area contributed by atoms with E-state index in [0.29, 0.717) is 5.82 Å². The van der Waals surface area contributed by atoms with Crippen LogP contribution >= 0.6 is 0 Å². The van der Waals surface area contributed by atoms with Crippen molar-refractivity contribution < 1.29 is 0 Å². The number of benzene rings is 1. The molecule has 4 heteroatoms. The summed E-state index contributed by atoms with van der Waals surface area (Å²) in [5.74, 6) is 0.387. The minimum absolute atomic E-state index is 0.177. The van der Waals surface area contributed by atoms with Gasteiger partial charge in [0.15, 0.2) is 5.82 Å². The van der Waals surface area contributed by atoms with Crippen LogP contribution in [-0.4, -0.2) is 16.0 Å². The first-order valence-electron chi connectivity index (χ1n) is 6.10. The van der Waals surface area contributed by atoms with E-state index in [2.05, 4.69) is 34.3 Å². The highest BCUT2D eigenvalue weighted by Crippen LogP contribution is 2.07. The number of nitrogens with zero attached hydrogens (tertiary/aromatic N) is 1. The van der Waals surface area contributed by atoms with Crippen molar-refractivity contribution in [3.8, 4) is 0 Å². The number of rotatable bonds is 5. The van der Waals surface area contributed by atoms with E-state index in [9.17, 15) is 4.79 Å². The first-order chi connectivity index (χ1) is 8.75. The van der Waals surface area contributed by atoms with Gasteiger partial charge in [-0.1, -0.05) is 30.3 Å². The molecule has 94 valence electrons. The Morgan fingerprint density at radius 1 is 1.33 bits per heavy atom. The van der Waals surface area contributed by atoms with Gasteiger partial charge >= 0.3 is 0 Å². The zero-order valence-corrected chi connectivity index (χ0v) is 10.4. The first kappa shape index (κ1) is 12.4. The lowest BCUT2D eigenvalue weighted by atomic mass is 10.1. The van der Waals surface area contributed by atoms with Gasteiger partial charge in [0.1, 0.15) is 0 Å². The van der Waals surface area contributed by atoms with Gasteiger partial charge in [-0.3, -0.25) is 4.79 Å². The molecule has 0 saturated carbocycles. The molecule has 1 unspecified atom stereocenters. The Hall–Kier alpha value is -2.10. The molecule has 0 aliphatic carbocycles. The maximum absolute atomic E-state index is 11.4. The zero-order valence-electron chi connectivity index (χ0n) is 10.4. The molecule has 1 aromatic carbocycles. The molecule has 0 bridgehead atoms. The molecule has 0 radical (unpaired) electrons. The van der Waals surface area contributed by atoms with Gasteiger partial charge in [0.05, 0.1) is 0 Å². The molecule has 0 spiro atoms. The van der Waals surface area contributed by atoms with E-state index in [1.54, 1.807) is 6.20 Å². The van der Waals surface area contributed by atoms with Gasteiger partial charge in [0.2, 0.25) is 0 Å². The predicted molar refractivity (Wildman–Crippen MR) is 72.7 cm³/mol. The molecule has 0 amide bonds. The van der Waals surface area contributed by atoms with Crippen LogP contribution in [0.2, 0.25) is 0 Å². The highest BCUT2D eigenvalue weighted by molar-refractivity contribution is 5.31. The van der Waals surface area contributed by atoms with Crippen molar-refractivity contribution in [2.24, 2.45) is 0 Å². The SMILES string of the molecule is CC(CCc1ccccc1)Nc1ncc[nH]c1=O. The first-order valence-corrected chi connectivity index (χ1v) is 6.10. The van der Waals surface area contributed by atoms with Crippen LogP contribution in [0, 0.1) is 0 Å². The lowest BCUT2D eigenvalue weighted by molar-refractivity contribution is 0.701. The van der Waals surface area contributed by atoms with Crippen molar-refractivity contribution in [3.05, 3.63) is 58.6 Å². The molecule has 4 nitrogen and oxygen atoms in total. The molecule has 0 aliphatic rings. The Morgan fingerprint density at radius 3 is 2.83 bits per heavy atom. The number of aromatic nitrogens is 2. The minimum Gasteiger partial charge on any atom is -0.363 e. The second kappa shape index (κ2) is 6.00. The second-order valence-corrected chi connectivity index (χ2v) is 4.34. The van der Waals surface area contributed by atoms with Crippen LogP contribution in [0.25, 0.3) is 0 Å². The zero-order chi connectivity index (χ0) is 12.8. The summed E-state index contributed by atoms with van der Waals surface area (Å²) in [7, 11) is 0. The molecule has 2 rings (SSSR count). The van der Waals surface area contributed by atoms with Crippen LogP contribution in [0.5, 0.6) is 0 Å². The van der Waals surface area contributed by atoms with Crippen LogP contribution in [-0.2, 0) is 6.42 Å². The third kappa shape index (κ3) is 3.45. The summed E-state index contributed by atoms with van der Waals surface area (Å²) < 4.78 is 0. The Balaban J connectivity index is 1.88. The summed E-state index contributed by atoms with van der Waals surface area (Å²) >= 11 is 0. The van der Waals surface area contributed by atoms with Gasteiger partial charge in [-0.2, -0.15) is 0 Å². The number of hydrogen-bond acceptors (Lipinski definition) is 3. The Labute approximate surface area is 106 Å². The average Bonchev–Trinajstić information content (AvgIpc) is 2.40. The van der Waals surface area contributed by atoms with E-state index in [-0.39, 0.29) is 11.6 Å². The Morgan fingerprint density at radius 2 is 2.11 bits per heavy atom. The highest BCUT2D eigenvalue weighted by Gasteiger charge is 2.05. The highest BCUT2D eigenvalue weighted by atomic mass is 16.1. The third-order valence-corrected chi connectivity index (χ3v) is 2.80. The Kier molecular flexibility index (Phi) is 4.12. The van der Waals surface area contributed by atoms with E-state index in [4.69, 9.17) is 0 Å². The van der Waals surface area contributed by atoms with Crippen molar-refractivity contribution in [1.82, 2.24) is 9.97 Å². The summed E-state index contributed by atoms with van der Waals surface area (Å²) in [6.07, 6.45) is 5.05. The molecule has 0 fully saturated rings. The van der Waals surface area contributed by atoms with E-state index >= 15 is 0 Å². The second-order valence-electron chi connectivity index (χ2n) is 4.34. The number of hydrogen-bond donors (Lipinski definition) is 2. The standard InChI is InChI=1S/C14H17N3O/c1-11(7-8-12-5-3-2-4-6-12)17-13-14(18)16-10-9-15-13/h2-6,9-11H,7-8H2,1H3,(H,15,17)(H,16,18). The number of nitrogens with one attached hydrogen (secondary N) is 2. The molecule has 0 aliphatic heterocycles. The monoisotopic (exact) mass is 243 g/mol. The van der Waals surface area contributed by atoms with E-state index in [0.717, 1.165) is 12.8 Å². The van der Waals surface area contributed by atoms with Crippen LogP contribution in [0.3, 0.4) is 0 Å². The van der Waals surface area contributed by atoms with E-state index < -0.39 is 0 Å². The minimum atomic E-state index is -0.177. The molecule has 1 heterocycles. The van der Waals surface area contributed by atoms with Gasteiger partial charge in [0, 0.05) is 18.4 Å². The van der Waals surface area contributed by atoms with Gasteiger partial charge in [0.25, 0.3) is 5.56 Å². The fourth-order valence-corrected chi connectivity index (χ4v) is 1.79. The fraction of sp³-hybridized carbons (Fsp3) is 0.286. The number of H-pyrrole nitrogens is 1.